The zero-order valence-electron chi connectivity index (χ0n) is 8.04. The minimum Gasteiger partial charge on any atom is -0.878 e. The maximum absolute atomic E-state index is 11.1. The third-order valence-corrected chi connectivity index (χ3v) is 1.58. The van der Waals surface area contributed by atoms with Crippen LogP contribution in [0.4, 0.5) is 5.69 Å². The fraction of sp³-hybridized carbons (Fsp3) is 0. The monoisotopic (exact) mass is 215 g/mol. The Morgan fingerprint density at radius 1 is 1.27 bits per heavy atom. The predicted molar refractivity (Wildman–Crippen MR) is 46.6 cm³/mol. The fourth-order valence-electron chi connectivity index (χ4n) is 0.905. The van der Waals surface area contributed by atoms with Crippen LogP contribution in [-0.4, -0.2) is 10.7 Å². The van der Waals surface area contributed by atoms with Crippen LogP contribution in [0.1, 0.15) is 10.4 Å². The van der Waals surface area contributed by atoms with Gasteiger partial charge in [-0.3, -0.25) is 14.9 Å². The van der Waals surface area contributed by atoms with E-state index in [0.29, 0.717) is 6.26 Å². The first kappa shape index (κ1) is 13.8. The zero-order chi connectivity index (χ0) is 10.6. The SMILES string of the molecule is O=C(/C=C/[O-])c1ccc([N+](=O)[O-])cc1.[Na+]. The first-order valence-corrected chi connectivity index (χ1v) is 3.72. The average molecular weight is 215 g/mol. The summed E-state index contributed by atoms with van der Waals surface area (Å²) in [6.07, 6.45) is 1.24. The molecule has 0 aliphatic heterocycles. The van der Waals surface area contributed by atoms with Crippen LogP contribution in [0.2, 0.25) is 0 Å². The van der Waals surface area contributed by atoms with Crippen molar-refractivity contribution in [3.63, 3.8) is 0 Å². The maximum atomic E-state index is 11.1. The third kappa shape index (κ3) is 3.83. The Morgan fingerprint density at radius 3 is 2.20 bits per heavy atom. The molecule has 0 fully saturated rings. The number of hydrogen-bond acceptors (Lipinski definition) is 4. The van der Waals surface area contributed by atoms with Crippen LogP contribution in [0.15, 0.2) is 36.6 Å². The van der Waals surface area contributed by atoms with Gasteiger partial charge in [-0.1, -0.05) is 0 Å². The van der Waals surface area contributed by atoms with Gasteiger partial charge in [0.05, 0.1) is 4.92 Å². The molecule has 0 N–H and O–H groups in total. The van der Waals surface area contributed by atoms with Crippen molar-refractivity contribution in [3.05, 3.63) is 52.3 Å². The van der Waals surface area contributed by atoms with Gasteiger partial charge in [-0.25, -0.2) is 0 Å². The van der Waals surface area contributed by atoms with Crippen LogP contribution in [-0.2, 0) is 0 Å². The van der Waals surface area contributed by atoms with Gasteiger partial charge in [-0.15, -0.1) is 6.26 Å². The summed E-state index contributed by atoms with van der Waals surface area (Å²) in [7, 11) is 0. The smallest absolute Gasteiger partial charge is 0.878 e. The van der Waals surface area contributed by atoms with Crippen molar-refractivity contribution in [1.29, 1.82) is 0 Å². The Balaban J connectivity index is 0.00000196. The van der Waals surface area contributed by atoms with E-state index in [-0.39, 0.29) is 40.8 Å². The van der Waals surface area contributed by atoms with E-state index < -0.39 is 10.7 Å². The topological polar surface area (TPSA) is 83.3 Å². The molecule has 0 saturated carbocycles. The molecule has 0 spiro atoms. The second-order valence-corrected chi connectivity index (χ2v) is 2.47. The molecule has 1 aromatic carbocycles. The Kier molecular flexibility index (Phi) is 5.84. The summed E-state index contributed by atoms with van der Waals surface area (Å²) < 4.78 is 0. The molecule has 0 radical (unpaired) electrons. The summed E-state index contributed by atoms with van der Waals surface area (Å²) in [5.41, 5.74) is 0.162. The number of ketones is 1. The van der Waals surface area contributed by atoms with E-state index in [1.165, 1.54) is 24.3 Å². The fourth-order valence-corrected chi connectivity index (χ4v) is 0.905. The Hall–Kier alpha value is -1.17. The summed E-state index contributed by atoms with van der Waals surface area (Å²) in [6.45, 7) is 0. The normalized spacial score (nSPS) is 9.60. The molecule has 1 rings (SSSR count). The van der Waals surface area contributed by atoms with Gasteiger partial charge < -0.3 is 5.11 Å². The number of carbonyl (C=O) groups is 1. The van der Waals surface area contributed by atoms with E-state index in [9.17, 15) is 20.0 Å². The third-order valence-electron chi connectivity index (χ3n) is 1.58. The summed E-state index contributed by atoms with van der Waals surface area (Å²) in [6, 6.07) is 5.04. The standard InChI is InChI=1S/C9H7NO4.Na/c11-6-5-9(12)7-1-3-8(4-2-7)10(13)14;/h1-6,11H;/q;+1/p-1/b6-5+;. The maximum Gasteiger partial charge on any atom is 1.00 e. The summed E-state index contributed by atoms with van der Waals surface area (Å²) in [5, 5.41) is 20.2. The van der Waals surface area contributed by atoms with E-state index in [4.69, 9.17) is 0 Å². The second kappa shape index (κ2) is 6.34. The van der Waals surface area contributed by atoms with Crippen LogP contribution in [0, 0.1) is 10.1 Å². The molecule has 15 heavy (non-hydrogen) atoms. The molecule has 1 aromatic rings. The van der Waals surface area contributed by atoms with E-state index in [0.717, 1.165) is 6.08 Å². The van der Waals surface area contributed by atoms with E-state index in [2.05, 4.69) is 0 Å². The number of nitro benzene ring substituents is 1. The number of rotatable bonds is 3. The molecule has 72 valence electrons. The summed E-state index contributed by atoms with van der Waals surface area (Å²) >= 11 is 0. The Bertz CT molecular complexity index is 386. The summed E-state index contributed by atoms with van der Waals surface area (Å²) in [5.74, 6) is -0.463. The molecular weight excluding hydrogens is 209 g/mol. The van der Waals surface area contributed by atoms with Gasteiger partial charge in [0, 0.05) is 17.7 Å². The quantitative estimate of drug-likeness (QED) is 0.141. The van der Waals surface area contributed by atoms with Crippen molar-refractivity contribution in [1.82, 2.24) is 0 Å². The van der Waals surface area contributed by atoms with Gasteiger partial charge in [0.2, 0.25) is 0 Å². The van der Waals surface area contributed by atoms with Crippen molar-refractivity contribution < 1.29 is 44.4 Å². The van der Waals surface area contributed by atoms with Gasteiger partial charge >= 0.3 is 29.6 Å². The molecule has 6 heteroatoms. The van der Waals surface area contributed by atoms with Gasteiger partial charge in [-0.05, 0) is 18.2 Å². The molecule has 0 heterocycles. The first-order chi connectivity index (χ1) is 6.65. The minimum atomic E-state index is -0.558. The van der Waals surface area contributed by atoms with Gasteiger partial charge in [-0.2, -0.15) is 0 Å². The van der Waals surface area contributed by atoms with Gasteiger partial charge in [0.25, 0.3) is 5.69 Å². The van der Waals surface area contributed by atoms with Crippen LogP contribution >= 0.6 is 0 Å². The molecule has 0 aliphatic rings. The Labute approximate surface area is 108 Å². The average Bonchev–Trinajstić information content (AvgIpc) is 2.18. The van der Waals surface area contributed by atoms with E-state index in [1.807, 2.05) is 0 Å². The van der Waals surface area contributed by atoms with Crippen molar-refractivity contribution in [2.45, 2.75) is 0 Å². The largest absolute Gasteiger partial charge is 1.00 e. The number of nitrogens with zero attached hydrogens (tertiary/aromatic N) is 1. The van der Waals surface area contributed by atoms with Gasteiger partial charge in [0.1, 0.15) is 0 Å². The van der Waals surface area contributed by atoms with E-state index in [1.54, 1.807) is 0 Å². The minimum absolute atomic E-state index is 0. The van der Waals surface area contributed by atoms with Gasteiger partial charge in [0.15, 0.2) is 5.78 Å². The molecule has 0 saturated heterocycles. The van der Waals surface area contributed by atoms with Crippen LogP contribution < -0.4 is 34.7 Å². The number of nitro groups is 1. The van der Waals surface area contributed by atoms with E-state index >= 15 is 0 Å². The predicted octanol–water partition coefficient (Wildman–Crippen LogP) is -2.34. The molecule has 5 nitrogen and oxygen atoms in total. The molecule has 0 atom stereocenters. The molecular formula is C9H6NNaO4. The van der Waals surface area contributed by atoms with Crippen LogP contribution in [0.5, 0.6) is 0 Å². The number of benzene rings is 1. The molecule has 0 aromatic heterocycles. The molecule has 0 bridgehead atoms. The van der Waals surface area contributed by atoms with Crippen molar-refractivity contribution in [2.24, 2.45) is 0 Å². The zero-order valence-corrected chi connectivity index (χ0v) is 10.0. The number of allylic oxidation sites excluding steroid dienone is 1. The number of non-ortho nitro benzene ring substituents is 1. The van der Waals surface area contributed by atoms with Crippen LogP contribution in [0.25, 0.3) is 0 Å². The van der Waals surface area contributed by atoms with Crippen LogP contribution in [0.3, 0.4) is 0 Å². The van der Waals surface area contributed by atoms with Crippen molar-refractivity contribution in [2.75, 3.05) is 0 Å². The molecule has 0 amide bonds. The second-order valence-electron chi connectivity index (χ2n) is 2.47. The van der Waals surface area contributed by atoms with Crippen molar-refractivity contribution in [3.8, 4) is 0 Å². The van der Waals surface area contributed by atoms with Crippen molar-refractivity contribution >= 4 is 11.5 Å². The first-order valence-electron chi connectivity index (χ1n) is 3.72. The molecule has 0 aliphatic carbocycles. The summed E-state index contributed by atoms with van der Waals surface area (Å²) in [4.78, 5) is 20.8. The number of hydrogen-bond donors (Lipinski definition) is 0. The Morgan fingerprint density at radius 2 is 1.80 bits per heavy atom. The number of carbonyl (C=O) groups excluding carboxylic acids is 1. The molecule has 0 unspecified atom stereocenters.